The van der Waals surface area contributed by atoms with Crippen molar-refractivity contribution in [2.75, 3.05) is 20.1 Å². The van der Waals surface area contributed by atoms with Crippen molar-refractivity contribution in [2.45, 2.75) is 37.8 Å². The molecule has 1 aromatic rings. The van der Waals surface area contributed by atoms with Crippen LogP contribution in [0.1, 0.15) is 36.8 Å². The highest BCUT2D eigenvalue weighted by molar-refractivity contribution is 5.38. The number of halogens is 1. The van der Waals surface area contributed by atoms with E-state index in [0.29, 0.717) is 18.7 Å². The maximum atomic E-state index is 13.6. The summed E-state index contributed by atoms with van der Waals surface area (Å²) < 4.78 is 13.6. The fourth-order valence-electron chi connectivity index (χ4n) is 2.97. The Morgan fingerprint density at radius 2 is 2.10 bits per heavy atom. The van der Waals surface area contributed by atoms with Crippen LogP contribution < -0.4 is 5.73 Å². The molecule has 1 fully saturated rings. The second-order valence-electron chi connectivity index (χ2n) is 5.92. The summed E-state index contributed by atoms with van der Waals surface area (Å²) in [6, 6.07) is 4.96. The van der Waals surface area contributed by atoms with Crippen LogP contribution in [0.3, 0.4) is 0 Å². The van der Waals surface area contributed by atoms with E-state index in [9.17, 15) is 9.50 Å². The van der Waals surface area contributed by atoms with Gasteiger partial charge in [0.05, 0.1) is 17.7 Å². The molecule has 3 nitrogen and oxygen atoms in total. The quantitative estimate of drug-likeness (QED) is 0.832. The molecule has 0 radical (unpaired) electrons. The number of rotatable bonds is 4. The summed E-state index contributed by atoms with van der Waals surface area (Å²) >= 11 is 0. The fraction of sp³-hybridized carbons (Fsp3) is 0.529. The molecule has 0 aromatic heterocycles. The van der Waals surface area contributed by atoms with Crippen molar-refractivity contribution in [3.63, 3.8) is 0 Å². The van der Waals surface area contributed by atoms with Gasteiger partial charge in [-0.2, -0.15) is 0 Å². The van der Waals surface area contributed by atoms with Crippen molar-refractivity contribution in [1.29, 1.82) is 0 Å². The first-order chi connectivity index (χ1) is 10.0. The Kier molecular flexibility index (Phi) is 5.35. The molecule has 0 aliphatic heterocycles. The van der Waals surface area contributed by atoms with Crippen LogP contribution in [0.15, 0.2) is 18.2 Å². The molecular weight excluding hydrogens is 267 g/mol. The zero-order chi connectivity index (χ0) is 15.3. The van der Waals surface area contributed by atoms with Crippen LogP contribution in [0.4, 0.5) is 4.39 Å². The molecule has 1 saturated carbocycles. The van der Waals surface area contributed by atoms with E-state index in [1.807, 2.05) is 7.05 Å². The van der Waals surface area contributed by atoms with E-state index in [2.05, 4.69) is 16.7 Å². The molecule has 0 heterocycles. The molecule has 0 unspecified atom stereocenters. The highest BCUT2D eigenvalue weighted by Gasteiger charge is 2.32. The first-order valence-corrected chi connectivity index (χ1v) is 7.41. The Morgan fingerprint density at radius 3 is 2.76 bits per heavy atom. The van der Waals surface area contributed by atoms with Crippen LogP contribution in [-0.2, 0) is 6.54 Å². The Hall–Kier alpha value is -1.41. The molecule has 1 aliphatic carbocycles. The predicted molar refractivity (Wildman–Crippen MR) is 82.1 cm³/mol. The van der Waals surface area contributed by atoms with E-state index in [0.717, 1.165) is 31.2 Å². The van der Waals surface area contributed by atoms with E-state index in [1.165, 1.54) is 6.07 Å². The summed E-state index contributed by atoms with van der Waals surface area (Å²) in [5.41, 5.74) is 6.13. The van der Waals surface area contributed by atoms with Gasteiger partial charge in [-0.3, -0.25) is 4.90 Å². The van der Waals surface area contributed by atoms with Crippen molar-refractivity contribution in [3.05, 3.63) is 35.1 Å². The van der Waals surface area contributed by atoms with Crippen LogP contribution in [0, 0.1) is 17.7 Å². The zero-order valence-corrected chi connectivity index (χ0v) is 12.5. The third-order valence-electron chi connectivity index (χ3n) is 3.91. The molecule has 0 spiro atoms. The van der Waals surface area contributed by atoms with Crippen molar-refractivity contribution < 1.29 is 9.50 Å². The number of nitrogens with two attached hydrogens (primary N) is 1. The topological polar surface area (TPSA) is 49.5 Å². The van der Waals surface area contributed by atoms with Gasteiger partial charge in [0.2, 0.25) is 0 Å². The minimum absolute atomic E-state index is 0.219. The lowest BCUT2D eigenvalue weighted by Gasteiger charge is -2.28. The number of aliphatic hydroxyl groups is 1. The highest BCUT2D eigenvalue weighted by Crippen LogP contribution is 2.30. The third-order valence-corrected chi connectivity index (χ3v) is 3.91. The predicted octanol–water partition coefficient (Wildman–Crippen LogP) is 1.87. The van der Waals surface area contributed by atoms with Crippen molar-refractivity contribution in [1.82, 2.24) is 4.90 Å². The summed E-state index contributed by atoms with van der Waals surface area (Å²) in [4.78, 5) is 2.08. The molecule has 3 N–H and O–H groups in total. The van der Waals surface area contributed by atoms with Crippen molar-refractivity contribution >= 4 is 0 Å². The van der Waals surface area contributed by atoms with Gasteiger partial charge >= 0.3 is 0 Å². The summed E-state index contributed by atoms with van der Waals surface area (Å²) in [6.45, 7) is 1.53. The van der Waals surface area contributed by atoms with Gasteiger partial charge in [-0.15, -0.1) is 0 Å². The molecule has 21 heavy (non-hydrogen) atoms. The lowest BCUT2D eigenvalue weighted by atomic mass is 10.0. The number of hydrogen-bond acceptors (Lipinski definition) is 3. The standard InChI is InChI=1S/C17H23FN2O/c1-20(13-17(21)8-2-3-9-17)12-14-6-7-16(18)15(11-14)5-4-10-19/h6-7,11,21H,2-3,8-10,12-13,19H2,1H3. The van der Waals surface area contributed by atoms with Crippen LogP contribution in [0.25, 0.3) is 0 Å². The highest BCUT2D eigenvalue weighted by atomic mass is 19.1. The maximum absolute atomic E-state index is 13.6. The van der Waals surface area contributed by atoms with Gasteiger partial charge in [0.15, 0.2) is 0 Å². The molecule has 0 amide bonds. The van der Waals surface area contributed by atoms with Gasteiger partial charge in [-0.1, -0.05) is 30.7 Å². The minimum atomic E-state index is -0.559. The number of hydrogen-bond donors (Lipinski definition) is 2. The molecule has 0 bridgehead atoms. The fourth-order valence-corrected chi connectivity index (χ4v) is 2.97. The second-order valence-corrected chi connectivity index (χ2v) is 5.92. The Bertz CT molecular complexity index is 541. The normalized spacial score (nSPS) is 16.8. The number of likely N-dealkylation sites (N-methyl/N-ethyl adjacent to an activating group) is 1. The maximum Gasteiger partial charge on any atom is 0.138 e. The summed E-state index contributed by atoms with van der Waals surface area (Å²) in [7, 11) is 1.98. The monoisotopic (exact) mass is 290 g/mol. The molecule has 114 valence electrons. The molecule has 0 atom stereocenters. The first-order valence-electron chi connectivity index (χ1n) is 7.41. The average molecular weight is 290 g/mol. The SMILES string of the molecule is CN(Cc1ccc(F)c(C#CCN)c1)CC1(O)CCCC1. The van der Waals surface area contributed by atoms with E-state index in [1.54, 1.807) is 12.1 Å². The van der Waals surface area contributed by atoms with Crippen LogP contribution in [0.5, 0.6) is 0 Å². The second kappa shape index (κ2) is 7.04. The molecule has 2 rings (SSSR count). The number of benzene rings is 1. The van der Waals surface area contributed by atoms with Crippen LogP contribution in [-0.4, -0.2) is 35.7 Å². The first kappa shape index (κ1) is 16.0. The van der Waals surface area contributed by atoms with E-state index in [-0.39, 0.29) is 12.4 Å². The van der Waals surface area contributed by atoms with Gasteiger partial charge in [-0.05, 0) is 37.6 Å². The summed E-state index contributed by atoms with van der Waals surface area (Å²) in [5, 5.41) is 10.4. The molecule has 1 aromatic carbocycles. The zero-order valence-electron chi connectivity index (χ0n) is 12.5. The van der Waals surface area contributed by atoms with Gasteiger partial charge in [0.25, 0.3) is 0 Å². The molecule has 1 aliphatic rings. The summed E-state index contributed by atoms with van der Waals surface area (Å²) in [6.07, 6.45) is 3.93. The van der Waals surface area contributed by atoms with E-state index >= 15 is 0 Å². The average Bonchev–Trinajstić information content (AvgIpc) is 2.85. The van der Waals surface area contributed by atoms with Gasteiger partial charge in [-0.25, -0.2) is 4.39 Å². The van der Waals surface area contributed by atoms with Gasteiger partial charge in [0, 0.05) is 13.1 Å². The smallest absolute Gasteiger partial charge is 0.138 e. The number of nitrogens with zero attached hydrogens (tertiary/aromatic N) is 1. The van der Waals surface area contributed by atoms with Gasteiger partial charge < -0.3 is 10.8 Å². The largest absolute Gasteiger partial charge is 0.389 e. The van der Waals surface area contributed by atoms with Crippen molar-refractivity contribution in [2.24, 2.45) is 5.73 Å². The Balaban J connectivity index is 2.01. The molecule has 4 heteroatoms. The lowest BCUT2D eigenvalue weighted by Crippen LogP contribution is -2.38. The van der Waals surface area contributed by atoms with E-state index < -0.39 is 5.60 Å². The molecular formula is C17H23FN2O. The molecule has 0 saturated heterocycles. The Morgan fingerprint density at radius 1 is 1.38 bits per heavy atom. The third kappa shape index (κ3) is 4.53. The summed E-state index contributed by atoms with van der Waals surface area (Å²) in [5.74, 6) is 5.10. The lowest BCUT2D eigenvalue weighted by molar-refractivity contribution is 0.0145. The minimum Gasteiger partial charge on any atom is -0.389 e. The van der Waals surface area contributed by atoms with Crippen molar-refractivity contribution in [3.8, 4) is 11.8 Å². The van der Waals surface area contributed by atoms with E-state index in [4.69, 9.17) is 5.73 Å². The van der Waals surface area contributed by atoms with Crippen LogP contribution >= 0.6 is 0 Å². The van der Waals surface area contributed by atoms with Gasteiger partial charge in [0.1, 0.15) is 5.82 Å². The Labute approximate surface area is 125 Å². The van der Waals surface area contributed by atoms with Crippen LogP contribution in [0.2, 0.25) is 0 Å².